The number of benzene rings is 2. The van der Waals surface area contributed by atoms with E-state index in [4.69, 9.17) is 11.6 Å². The molecule has 0 radical (unpaired) electrons. The Morgan fingerprint density at radius 3 is 2.23 bits per heavy atom. The first-order valence-corrected chi connectivity index (χ1v) is 10.2. The van der Waals surface area contributed by atoms with Crippen LogP contribution in [0.3, 0.4) is 0 Å². The molecule has 1 fully saturated rings. The van der Waals surface area contributed by atoms with Gasteiger partial charge >= 0.3 is 6.03 Å². The highest BCUT2D eigenvalue weighted by atomic mass is 35.5. The van der Waals surface area contributed by atoms with Crippen LogP contribution in [-0.2, 0) is 11.3 Å². The van der Waals surface area contributed by atoms with E-state index in [0.717, 1.165) is 5.56 Å². The fourth-order valence-corrected chi connectivity index (χ4v) is 3.42. The van der Waals surface area contributed by atoms with Gasteiger partial charge in [-0.2, -0.15) is 0 Å². The lowest BCUT2D eigenvalue weighted by molar-refractivity contribution is -0.125. The van der Waals surface area contributed by atoms with Crippen LogP contribution in [0.1, 0.15) is 22.8 Å². The van der Waals surface area contributed by atoms with E-state index in [1.165, 1.54) is 0 Å². The van der Waals surface area contributed by atoms with Gasteiger partial charge in [0, 0.05) is 43.3 Å². The predicted octanol–water partition coefficient (Wildman–Crippen LogP) is 2.51. The summed E-state index contributed by atoms with van der Waals surface area (Å²) in [6.07, 6.45) is 0. The smallest absolute Gasteiger partial charge is 0.321 e. The van der Waals surface area contributed by atoms with Gasteiger partial charge in [0.05, 0.1) is 6.04 Å². The van der Waals surface area contributed by atoms with E-state index in [1.807, 2.05) is 35.2 Å². The fourth-order valence-electron chi connectivity index (χ4n) is 3.29. The van der Waals surface area contributed by atoms with Crippen LogP contribution in [0.2, 0.25) is 5.02 Å². The van der Waals surface area contributed by atoms with Crippen molar-refractivity contribution < 1.29 is 14.4 Å². The third kappa shape index (κ3) is 5.81. The van der Waals surface area contributed by atoms with E-state index >= 15 is 0 Å². The van der Waals surface area contributed by atoms with Gasteiger partial charge in [0.25, 0.3) is 5.91 Å². The van der Waals surface area contributed by atoms with Crippen LogP contribution in [-0.4, -0.2) is 59.9 Å². The molecule has 2 aromatic carbocycles. The molecule has 1 aliphatic heterocycles. The quantitative estimate of drug-likeness (QED) is 0.766. The number of carbonyl (C=O) groups is 3. The Morgan fingerprint density at radius 1 is 0.967 bits per heavy atom. The summed E-state index contributed by atoms with van der Waals surface area (Å²) in [6, 6.07) is 15.3. The second kappa shape index (κ2) is 10.2. The molecule has 0 aliphatic carbocycles. The van der Waals surface area contributed by atoms with E-state index in [1.54, 1.807) is 36.1 Å². The number of amides is 4. The van der Waals surface area contributed by atoms with Gasteiger partial charge < -0.3 is 10.2 Å². The van der Waals surface area contributed by atoms with Gasteiger partial charge in [-0.15, -0.1) is 0 Å². The molecule has 0 saturated carbocycles. The standard InChI is InChI=1S/C22H25ClN4O3/c1-16(20(28)25-22(30)24-15-17-5-3-2-4-6-17)26-11-13-27(14-12-26)21(29)18-7-9-19(23)10-8-18/h2-10,16H,11-15H2,1H3,(H2,24,25,28,30). The van der Waals surface area contributed by atoms with Crippen molar-refractivity contribution in [3.63, 3.8) is 0 Å². The van der Waals surface area contributed by atoms with Crippen molar-refractivity contribution in [2.24, 2.45) is 0 Å². The Hall–Kier alpha value is -2.90. The summed E-state index contributed by atoms with van der Waals surface area (Å²) in [7, 11) is 0. The van der Waals surface area contributed by atoms with Crippen molar-refractivity contribution >= 4 is 29.4 Å². The first-order chi connectivity index (χ1) is 14.4. The molecule has 8 heteroatoms. The maximum Gasteiger partial charge on any atom is 0.321 e. The molecule has 1 unspecified atom stereocenters. The molecule has 2 N–H and O–H groups in total. The van der Waals surface area contributed by atoms with Gasteiger partial charge in [-0.25, -0.2) is 4.79 Å². The van der Waals surface area contributed by atoms with Crippen molar-refractivity contribution in [3.05, 3.63) is 70.7 Å². The highest BCUT2D eigenvalue weighted by Gasteiger charge is 2.28. The van der Waals surface area contributed by atoms with Crippen molar-refractivity contribution in [1.29, 1.82) is 0 Å². The molecule has 0 spiro atoms. The summed E-state index contributed by atoms with van der Waals surface area (Å²) >= 11 is 5.87. The number of hydrogen-bond donors (Lipinski definition) is 2. The third-order valence-corrected chi connectivity index (χ3v) is 5.40. The number of hydrogen-bond acceptors (Lipinski definition) is 4. The summed E-state index contributed by atoms with van der Waals surface area (Å²) in [5.41, 5.74) is 1.54. The van der Waals surface area contributed by atoms with Crippen molar-refractivity contribution in [1.82, 2.24) is 20.4 Å². The molecule has 1 atom stereocenters. The number of nitrogens with one attached hydrogen (secondary N) is 2. The lowest BCUT2D eigenvalue weighted by atomic mass is 10.1. The molecular formula is C22H25ClN4O3. The predicted molar refractivity (Wildman–Crippen MR) is 115 cm³/mol. The molecule has 3 rings (SSSR count). The zero-order valence-electron chi connectivity index (χ0n) is 16.8. The summed E-state index contributed by atoms with van der Waals surface area (Å²) in [6.45, 7) is 4.24. The molecule has 4 amide bonds. The maximum atomic E-state index is 12.6. The average molecular weight is 429 g/mol. The molecule has 0 aromatic heterocycles. The van der Waals surface area contributed by atoms with Crippen molar-refractivity contribution in [2.75, 3.05) is 26.2 Å². The number of carbonyl (C=O) groups excluding carboxylic acids is 3. The Bertz CT molecular complexity index is 881. The number of urea groups is 1. The molecule has 1 heterocycles. The molecular weight excluding hydrogens is 404 g/mol. The third-order valence-electron chi connectivity index (χ3n) is 5.15. The van der Waals surface area contributed by atoms with E-state index < -0.39 is 12.1 Å². The van der Waals surface area contributed by atoms with Crippen LogP contribution in [0.15, 0.2) is 54.6 Å². The van der Waals surface area contributed by atoms with Gasteiger partial charge in [0.15, 0.2) is 0 Å². The first-order valence-electron chi connectivity index (χ1n) is 9.85. The van der Waals surface area contributed by atoms with E-state index in [9.17, 15) is 14.4 Å². The zero-order valence-corrected chi connectivity index (χ0v) is 17.6. The summed E-state index contributed by atoms with van der Waals surface area (Å²) < 4.78 is 0. The minimum Gasteiger partial charge on any atom is -0.336 e. The minimum absolute atomic E-state index is 0.0521. The van der Waals surface area contributed by atoms with Gasteiger partial charge in [0.1, 0.15) is 0 Å². The summed E-state index contributed by atoms with van der Waals surface area (Å²) in [5, 5.41) is 5.66. The van der Waals surface area contributed by atoms with Crippen LogP contribution >= 0.6 is 11.6 Å². The Labute approximate surface area is 181 Å². The molecule has 1 saturated heterocycles. The van der Waals surface area contributed by atoms with Gasteiger partial charge in [0.2, 0.25) is 5.91 Å². The van der Waals surface area contributed by atoms with Gasteiger partial charge in [-0.3, -0.25) is 19.8 Å². The zero-order chi connectivity index (χ0) is 21.5. The van der Waals surface area contributed by atoms with Crippen LogP contribution in [0, 0.1) is 0 Å². The second-order valence-electron chi connectivity index (χ2n) is 7.17. The normalized spacial score (nSPS) is 15.3. The lowest BCUT2D eigenvalue weighted by Crippen LogP contribution is -2.56. The first kappa shape index (κ1) is 21.8. The van der Waals surface area contributed by atoms with Crippen molar-refractivity contribution in [2.45, 2.75) is 19.5 Å². The Balaban J connectivity index is 1.44. The van der Waals surface area contributed by atoms with E-state index in [2.05, 4.69) is 10.6 Å². The van der Waals surface area contributed by atoms with Gasteiger partial charge in [-0.1, -0.05) is 41.9 Å². The Kier molecular flexibility index (Phi) is 7.43. The number of nitrogens with zero attached hydrogens (tertiary/aromatic N) is 2. The molecule has 1 aliphatic rings. The molecule has 30 heavy (non-hydrogen) atoms. The average Bonchev–Trinajstić information content (AvgIpc) is 2.78. The van der Waals surface area contributed by atoms with E-state index in [0.29, 0.717) is 43.3 Å². The van der Waals surface area contributed by atoms with Crippen molar-refractivity contribution in [3.8, 4) is 0 Å². The molecule has 7 nitrogen and oxygen atoms in total. The number of halogens is 1. The molecule has 2 aromatic rings. The van der Waals surface area contributed by atoms with Crippen LogP contribution in [0.5, 0.6) is 0 Å². The van der Waals surface area contributed by atoms with Crippen LogP contribution in [0.25, 0.3) is 0 Å². The molecule has 0 bridgehead atoms. The summed E-state index contributed by atoms with van der Waals surface area (Å²) in [4.78, 5) is 40.8. The minimum atomic E-state index is -0.521. The molecule has 158 valence electrons. The van der Waals surface area contributed by atoms with E-state index in [-0.39, 0.29) is 11.8 Å². The van der Waals surface area contributed by atoms with Crippen LogP contribution < -0.4 is 10.6 Å². The Morgan fingerprint density at radius 2 is 1.60 bits per heavy atom. The number of piperazine rings is 1. The second-order valence-corrected chi connectivity index (χ2v) is 7.60. The SMILES string of the molecule is CC(C(=O)NC(=O)NCc1ccccc1)N1CCN(C(=O)c2ccc(Cl)cc2)CC1. The highest BCUT2D eigenvalue weighted by Crippen LogP contribution is 2.14. The lowest BCUT2D eigenvalue weighted by Gasteiger charge is -2.37. The van der Waals surface area contributed by atoms with Crippen LogP contribution in [0.4, 0.5) is 4.79 Å². The monoisotopic (exact) mass is 428 g/mol. The largest absolute Gasteiger partial charge is 0.336 e. The maximum absolute atomic E-state index is 12.6. The number of imide groups is 1. The summed E-state index contributed by atoms with van der Waals surface area (Å²) in [5.74, 6) is -0.415. The fraction of sp³-hybridized carbons (Fsp3) is 0.318. The van der Waals surface area contributed by atoms with Gasteiger partial charge in [-0.05, 0) is 36.8 Å². The highest BCUT2D eigenvalue weighted by molar-refractivity contribution is 6.30. The topological polar surface area (TPSA) is 81.8 Å². The number of rotatable bonds is 5.